The molecular weight excluding hydrogens is 222 g/mol. The first kappa shape index (κ1) is 9.92. The molecule has 0 atom stereocenters. The lowest BCUT2D eigenvalue weighted by Gasteiger charge is -2.21. The molecule has 0 amide bonds. The molecule has 1 fully saturated rings. The van der Waals surface area contributed by atoms with Crippen LogP contribution in [0.25, 0.3) is 10.7 Å². The summed E-state index contributed by atoms with van der Waals surface area (Å²) in [6.07, 6.45) is 6.06. The van der Waals surface area contributed by atoms with Crippen LogP contribution in [-0.4, -0.2) is 33.1 Å². The maximum atomic E-state index is 4.24. The van der Waals surface area contributed by atoms with E-state index in [0.29, 0.717) is 6.04 Å². The van der Waals surface area contributed by atoms with Crippen LogP contribution < -0.4 is 5.32 Å². The molecule has 1 aliphatic rings. The highest BCUT2D eigenvalue weighted by atomic mass is 32.1. The summed E-state index contributed by atoms with van der Waals surface area (Å²) in [5.41, 5.74) is 0.883. The molecule has 2 aromatic heterocycles. The van der Waals surface area contributed by atoms with Crippen LogP contribution in [-0.2, 0) is 0 Å². The van der Waals surface area contributed by atoms with Gasteiger partial charge in [0.15, 0.2) is 0 Å². The van der Waals surface area contributed by atoms with E-state index in [9.17, 15) is 0 Å². The second-order valence-corrected chi connectivity index (χ2v) is 4.80. The molecule has 0 aromatic carbocycles. The third kappa shape index (κ3) is 1.85. The van der Waals surface area contributed by atoms with Gasteiger partial charge in [0.05, 0.1) is 12.2 Å². The summed E-state index contributed by atoms with van der Waals surface area (Å²) in [6.45, 7) is 2.13. The Hall–Kier alpha value is -1.27. The van der Waals surface area contributed by atoms with Gasteiger partial charge in [0, 0.05) is 11.6 Å². The van der Waals surface area contributed by atoms with Crippen molar-refractivity contribution in [3.05, 3.63) is 17.8 Å². The summed E-state index contributed by atoms with van der Waals surface area (Å²) >= 11 is 1.60. The number of aromatic nitrogens is 4. The van der Waals surface area contributed by atoms with E-state index in [1.807, 2.05) is 16.3 Å². The second-order valence-electron chi connectivity index (χ2n) is 3.90. The summed E-state index contributed by atoms with van der Waals surface area (Å²) in [5, 5.41) is 14.6. The van der Waals surface area contributed by atoms with Crippen molar-refractivity contribution in [3.8, 4) is 10.7 Å². The molecule has 0 unspecified atom stereocenters. The zero-order chi connectivity index (χ0) is 10.8. The van der Waals surface area contributed by atoms with Crippen molar-refractivity contribution >= 4 is 11.3 Å². The lowest BCUT2D eigenvalue weighted by molar-refractivity contribution is 0.337. The molecule has 6 heteroatoms. The first-order valence-corrected chi connectivity index (χ1v) is 6.34. The van der Waals surface area contributed by atoms with E-state index in [0.717, 1.165) is 36.6 Å². The molecule has 0 saturated carbocycles. The minimum atomic E-state index is 0.488. The van der Waals surface area contributed by atoms with Gasteiger partial charge in [-0.25, -0.2) is 9.67 Å². The number of thiazole rings is 1. The molecule has 3 rings (SSSR count). The van der Waals surface area contributed by atoms with Gasteiger partial charge in [0.25, 0.3) is 0 Å². The van der Waals surface area contributed by atoms with E-state index in [4.69, 9.17) is 0 Å². The lowest BCUT2D eigenvalue weighted by atomic mass is 10.1. The highest BCUT2D eigenvalue weighted by Gasteiger charge is 2.17. The Morgan fingerprint density at radius 3 is 3.00 bits per heavy atom. The van der Waals surface area contributed by atoms with Crippen molar-refractivity contribution in [2.45, 2.75) is 18.9 Å². The minimum absolute atomic E-state index is 0.488. The normalized spacial score (nSPS) is 17.8. The third-order valence-electron chi connectivity index (χ3n) is 2.84. The smallest absolute Gasteiger partial charge is 0.145 e. The van der Waals surface area contributed by atoms with Crippen molar-refractivity contribution in [2.75, 3.05) is 13.1 Å². The molecule has 16 heavy (non-hydrogen) atoms. The van der Waals surface area contributed by atoms with Crippen molar-refractivity contribution < 1.29 is 0 Å². The van der Waals surface area contributed by atoms with Crippen molar-refractivity contribution in [1.82, 2.24) is 25.3 Å². The van der Waals surface area contributed by atoms with E-state index in [-0.39, 0.29) is 0 Å². The first-order chi connectivity index (χ1) is 7.93. The lowest BCUT2D eigenvalue weighted by Crippen LogP contribution is -2.29. The Labute approximate surface area is 97.5 Å². The fourth-order valence-electron chi connectivity index (χ4n) is 1.97. The summed E-state index contributed by atoms with van der Waals surface area (Å²) in [7, 11) is 0. The minimum Gasteiger partial charge on any atom is -0.317 e. The second kappa shape index (κ2) is 4.31. The monoisotopic (exact) mass is 235 g/mol. The zero-order valence-electron chi connectivity index (χ0n) is 8.83. The standard InChI is InChI=1S/C10H13N5S/c1-3-11-4-2-8(1)15-7-9(13-14-15)10-12-5-6-16-10/h5-8,11H,1-4H2. The van der Waals surface area contributed by atoms with Crippen LogP contribution in [0.2, 0.25) is 0 Å². The molecule has 0 radical (unpaired) electrons. The molecule has 1 aliphatic heterocycles. The highest BCUT2D eigenvalue weighted by Crippen LogP contribution is 2.22. The number of nitrogens with one attached hydrogen (secondary N) is 1. The summed E-state index contributed by atoms with van der Waals surface area (Å²) in [6, 6.07) is 0.488. The van der Waals surface area contributed by atoms with E-state index in [2.05, 4.69) is 20.6 Å². The molecule has 5 nitrogen and oxygen atoms in total. The molecule has 84 valence electrons. The number of piperidine rings is 1. The van der Waals surface area contributed by atoms with E-state index in [1.165, 1.54) is 0 Å². The average Bonchev–Trinajstić information content (AvgIpc) is 3.01. The highest BCUT2D eigenvalue weighted by molar-refractivity contribution is 7.13. The van der Waals surface area contributed by atoms with Gasteiger partial charge < -0.3 is 5.32 Å². The number of hydrogen-bond acceptors (Lipinski definition) is 5. The Morgan fingerprint density at radius 2 is 2.25 bits per heavy atom. The fourth-order valence-corrected chi connectivity index (χ4v) is 2.56. The van der Waals surface area contributed by atoms with Crippen LogP contribution in [0.4, 0.5) is 0 Å². The molecule has 3 heterocycles. The molecular formula is C10H13N5S. The fraction of sp³-hybridized carbons (Fsp3) is 0.500. The summed E-state index contributed by atoms with van der Waals surface area (Å²) in [4.78, 5) is 4.24. The third-order valence-corrected chi connectivity index (χ3v) is 3.64. The molecule has 1 N–H and O–H groups in total. The van der Waals surface area contributed by atoms with Gasteiger partial charge in [0.2, 0.25) is 0 Å². The van der Waals surface area contributed by atoms with E-state index >= 15 is 0 Å². The van der Waals surface area contributed by atoms with Crippen LogP contribution in [0.3, 0.4) is 0 Å². The Bertz CT molecular complexity index is 443. The predicted molar refractivity (Wildman–Crippen MR) is 62.3 cm³/mol. The van der Waals surface area contributed by atoms with Gasteiger partial charge >= 0.3 is 0 Å². The Morgan fingerprint density at radius 1 is 1.38 bits per heavy atom. The number of rotatable bonds is 2. The molecule has 1 saturated heterocycles. The quantitative estimate of drug-likeness (QED) is 0.853. The average molecular weight is 235 g/mol. The van der Waals surface area contributed by atoms with Gasteiger partial charge in [-0.15, -0.1) is 16.4 Å². The topological polar surface area (TPSA) is 55.6 Å². The van der Waals surface area contributed by atoms with Crippen LogP contribution in [0.1, 0.15) is 18.9 Å². The van der Waals surface area contributed by atoms with Gasteiger partial charge in [-0.3, -0.25) is 0 Å². The Balaban J connectivity index is 1.82. The maximum Gasteiger partial charge on any atom is 0.145 e. The van der Waals surface area contributed by atoms with Crippen molar-refractivity contribution in [3.63, 3.8) is 0 Å². The largest absolute Gasteiger partial charge is 0.317 e. The SMILES string of the molecule is c1csc(-c2cn(C3CCNCC3)nn2)n1. The van der Waals surface area contributed by atoms with Crippen LogP contribution in [0.15, 0.2) is 17.8 Å². The Kier molecular flexibility index (Phi) is 2.67. The van der Waals surface area contributed by atoms with E-state index < -0.39 is 0 Å². The first-order valence-electron chi connectivity index (χ1n) is 5.46. The van der Waals surface area contributed by atoms with Crippen molar-refractivity contribution in [1.29, 1.82) is 0 Å². The van der Waals surface area contributed by atoms with E-state index in [1.54, 1.807) is 17.5 Å². The maximum absolute atomic E-state index is 4.24. The molecule has 0 bridgehead atoms. The van der Waals surface area contributed by atoms with Gasteiger partial charge in [-0.05, 0) is 25.9 Å². The number of nitrogens with zero attached hydrogens (tertiary/aromatic N) is 4. The van der Waals surface area contributed by atoms with Crippen LogP contribution in [0, 0.1) is 0 Å². The molecule has 0 spiro atoms. The number of hydrogen-bond donors (Lipinski definition) is 1. The summed E-state index contributed by atoms with van der Waals surface area (Å²) < 4.78 is 1.98. The zero-order valence-corrected chi connectivity index (χ0v) is 9.65. The molecule has 0 aliphatic carbocycles. The van der Waals surface area contributed by atoms with Crippen LogP contribution >= 0.6 is 11.3 Å². The summed E-state index contributed by atoms with van der Waals surface area (Å²) in [5.74, 6) is 0. The predicted octanol–water partition coefficient (Wildman–Crippen LogP) is 1.33. The van der Waals surface area contributed by atoms with Crippen LogP contribution in [0.5, 0.6) is 0 Å². The molecule has 2 aromatic rings. The van der Waals surface area contributed by atoms with Crippen molar-refractivity contribution in [2.24, 2.45) is 0 Å². The van der Waals surface area contributed by atoms with Gasteiger partial charge in [-0.1, -0.05) is 5.21 Å². The van der Waals surface area contributed by atoms with Gasteiger partial charge in [-0.2, -0.15) is 0 Å². The van der Waals surface area contributed by atoms with Gasteiger partial charge in [0.1, 0.15) is 10.7 Å².